The second kappa shape index (κ2) is 5.12. The Morgan fingerprint density at radius 1 is 1.62 bits per heavy atom. The Morgan fingerprint density at radius 2 is 2.31 bits per heavy atom. The smallest absolute Gasteiger partial charge is 0.310 e. The van der Waals surface area contributed by atoms with Crippen LogP contribution in [0.1, 0.15) is 18.1 Å². The van der Waals surface area contributed by atoms with Crippen molar-refractivity contribution in [1.82, 2.24) is 0 Å². The fraction of sp³-hybridized carbons (Fsp3) is 0.273. The van der Waals surface area contributed by atoms with E-state index in [4.69, 9.17) is 10.00 Å². The molecule has 1 aromatic rings. The molecular weight excluding hydrogens is 213 g/mol. The quantitative estimate of drug-likeness (QED) is 0.788. The van der Waals surface area contributed by atoms with Crippen LogP contribution >= 0.6 is 0 Å². The maximum atomic E-state index is 12.9. The number of esters is 1. The first-order chi connectivity index (χ1) is 7.60. The number of nitrogens with zero attached hydrogens (tertiary/aromatic N) is 1. The first-order valence-electron chi connectivity index (χ1n) is 4.66. The molecule has 0 fully saturated rings. The Morgan fingerprint density at radius 3 is 2.88 bits per heavy atom. The summed E-state index contributed by atoms with van der Waals surface area (Å²) in [5.41, 5.74) is 0.0212. The van der Waals surface area contributed by atoms with Crippen LogP contribution in [0.15, 0.2) is 12.1 Å². The van der Waals surface area contributed by atoms with Crippen molar-refractivity contribution in [1.29, 1.82) is 5.26 Å². The highest BCUT2D eigenvalue weighted by Gasteiger charge is 2.15. The minimum atomic E-state index is -0.885. The Labute approximate surface area is 91.9 Å². The summed E-state index contributed by atoms with van der Waals surface area (Å²) >= 11 is 0. The first-order valence-corrected chi connectivity index (χ1v) is 4.66. The molecule has 1 rings (SSSR count). The minimum Gasteiger partial charge on any atom is -0.504 e. The van der Waals surface area contributed by atoms with E-state index in [0.29, 0.717) is 0 Å². The van der Waals surface area contributed by atoms with Gasteiger partial charge in [0.25, 0.3) is 0 Å². The molecule has 4 nitrogen and oxygen atoms in total. The molecule has 0 aliphatic rings. The Bertz CT molecular complexity index is 451. The van der Waals surface area contributed by atoms with Gasteiger partial charge in [-0.15, -0.1) is 0 Å². The summed E-state index contributed by atoms with van der Waals surface area (Å²) in [7, 11) is 0. The largest absolute Gasteiger partial charge is 0.504 e. The van der Waals surface area contributed by atoms with Gasteiger partial charge in [0.05, 0.1) is 13.0 Å². The van der Waals surface area contributed by atoms with E-state index in [1.165, 1.54) is 6.07 Å². The third-order valence-electron chi connectivity index (χ3n) is 1.97. The summed E-state index contributed by atoms with van der Waals surface area (Å²) in [5, 5.41) is 18.0. The molecule has 1 aromatic carbocycles. The van der Waals surface area contributed by atoms with E-state index in [0.717, 1.165) is 6.07 Å². The number of carbonyl (C=O) groups is 1. The van der Waals surface area contributed by atoms with E-state index in [9.17, 15) is 14.3 Å². The number of phenolic OH excluding ortho intramolecular Hbond substituents is 1. The molecule has 0 saturated heterocycles. The fourth-order valence-electron chi connectivity index (χ4n) is 1.25. The molecule has 0 saturated carbocycles. The molecule has 0 aliphatic carbocycles. The van der Waals surface area contributed by atoms with Crippen LogP contribution in [0, 0.1) is 17.1 Å². The third kappa shape index (κ3) is 2.48. The average molecular weight is 223 g/mol. The lowest BCUT2D eigenvalue weighted by atomic mass is 10.0. The van der Waals surface area contributed by atoms with Crippen molar-refractivity contribution >= 4 is 5.97 Å². The number of phenols is 1. The number of aromatic hydroxyl groups is 1. The summed E-state index contributed by atoms with van der Waals surface area (Å²) in [5.74, 6) is -2.14. The van der Waals surface area contributed by atoms with Gasteiger partial charge in [0, 0.05) is 0 Å². The van der Waals surface area contributed by atoms with Crippen LogP contribution in [-0.2, 0) is 16.0 Å². The number of carbonyl (C=O) groups excluding carboxylic acids is 1. The van der Waals surface area contributed by atoms with Crippen LogP contribution in [0.25, 0.3) is 0 Å². The summed E-state index contributed by atoms with van der Waals surface area (Å²) in [6.07, 6.45) is -0.162. The van der Waals surface area contributed by atoms with Gasteiger partial charge in [-0.25, -0.2) is 4.39 Å². The molecule has 0 atom stereocenters. The Balaban J connectivity index is 3.02. The second-order valence-electron chi connectivity index (χ2n) is 3.02. The van der Waals surface area contributed by atoms with E-state index in [1.807, 2.05) is 0 Å². The lowest BCUT2D eigenvalue weighted by Crippen LogP contribution is -2.09. The molecule has 0 unspecified atom stereocenters. The predicted molar refractivity (Wildman–Crippen MR) is 53.1 cm³/mol. The van der Waals surface area contributed by atoms with Gasteiger partial charge in [-0.1, -0.05) is 6.07 Å². The third-order valence-corrected chi connectivity index (χ3v) is 1.97. The highest BCUT2D eigenvalue weighted by molar-refractivity contribution is 5.74. The van der Waals surface area contributed by atoms with Crippen LogP contribution in [0.4, 0.5) is 4.39 Å². The van der Waals surface area contributed by atoms with Crippen LogP contribution in [0.3, 0.4) is 0 Å². The standard InChI is InChI=1S/C11H10FNO3/c1-2-16-10(14)5-7-3-4-9(12)11(15)8(7)6-13/h3-4,15H,2,5H2,1H3. The second-order valence-corrected chi connectivity index (χ2v) is 3.02. The topological polar surface area (TPSA) is 70.3 Å². The van der Waals surface area contributed by atoms with Crippen molar-refractivity contribution in [2.45, 2.75) is 13.3 Å². The summed E-state index contributed by atoms with van der Waals surface area (Å²) in [6.45, 7) is 1.89. The number of nitriles is 1. The zero-order chi connectivity index (χ0) is 12.1. The number of hydrogen-bond acceptors (Lipinski definition) is 4. The molecule has 0 heterocycles. The SMILES string of the molecule is CCOC(=O)Cc1ccc(F)c(O)c1C#N. The maximum absolute atomic E-state index is 12.9. The molecule has 0 aromatic heterocycles. The molecule has 0 amide bonds. The predicted octanol–water partition coefficient (Wildman–Crippen LogP) is 1.51. The van der Waals surface area contributed by atoms with Crippen LogP contribution in [0.2, 0.25) is 0 Å². The van der Waals surface area contributed by atoms with Crippen LogP contribution in [-0.4, -0.2) is 17.7 Å². The fourth-order valence-corrected chi connectivity index (χ4v) is 1.25. The molecule has 84 valence electrons. The van der Waals surface area contributed by atoms with Crippen molar-refractivity contribution in [3.63, 3.8) is 0 Å². The highest BCUT2D eigenvalue weighted by Crippen LogP contribution is 2.24. The normalized spacial score (nSPS) is 9.56. The van der Waals surface area contributed by atoms with Gasteiger partial charge in [0.2, 0.25) is 0 Å². The molecular formula is C11H10FNO3. The van der Waals surface area contributed by atoms with Crippen molar-refractivity contribution in [3.8, 4) is 11.8 Å². The molecule has 0 bridgehead atoms. The van der Waals surface area contributed by atoms with Crippen molar-refractivity contribution in [2.75, 3.05) is 6.61 Å². The van der Waals surface area contributed by atoms with E-state index >= 15 is 0 Å². The van der Waals surface area contributed by atoms with Gasteiger partial charge < -0.3 is 9.84 Å². The number of rotatable bonds is 3. The molecule has 0 aliphatic heterocycles. The van der Waals surface area contributed by atoms with Crippen molar-refractivity contribution in [3.05, 3.63) is 29.1 Å². The summed E-state index contributed by atoms with van der Waals surface area (Å²) in [6, 6.07) is 3.94. The first kappa shape index (κ1) is 12.0. The van der Waals surface area contributed by atoms with Crippen molar-refractivity contribution in [2.24, 2.45) is 0 Å². The Hall–Kier alpha value is -2.09. The lowest BCUT2D eigenvalue weighted by molar-refractivity contribution is -0.142. The number of benzene rings is 1. The minimum absolute atomic E-state index is 0.162. The number of hydrogen-bond donors (Lipinski definition) is 1. The van der Waals surface area contributed by atoms with E-state index in [1.54, 1.807) is 13.0 Å². The number of ether oxygens (including phenoxy) is 1. The van der Waals surface area contributed by atoms with Crippen molar-refractivity contribution < 1.29 is 19.0 Å². The average Bonchev–Trinajstić information content (AvgIpc) is 2.24. The summed E-state index contributed by atoms with van der Waals surface area (Å²) in [4.78, 5) is 11.2. The van der Waals surface area contributed by atoms with Gasteiger partial charge in [0.15, 0.2) is 11.6 Å². The lowest BCUT2D eigenvalue weighted by Gasteiger charge is -2.06. The summed E-state index contributed by atoms with van der Waals surface area (Å²) < 4.78 is 17.6. The molecule has 0 radical (unpaired) electrons. The molecule has 16 heavy (non-hydrogen) atoms. The van der Waals surface area contributed by atoms with E-state index in [-0.39, 0.29) is 24.2 Å². The van der Waals surface area contributed by atoms with E-state index < -0.39 is 17.5 Å². The van der Waals surface area contributed by atoms with Crippen LogP contribution < -0.4 is 0 Å². The van der Waals surface area contributed by atoms with Gasteiger partial charge in [-0.05, 0) is 18.6 Å². The Kier molecular flexibility index (Phi) is 3.84. The zero-order valence-electron chi connectivity index (χ0n) is 8.66. The molecule has 5 heteroatoms. The van der Waals surface area contributed by atoms with Crippen LogP contribution in [0.5, 0.6) is 5.75 Å². The van der Waals surface area contributed by atoms with Gasteiger partial charge in [0.1, 0.15) is 11.6 Å². The van der Waals surface area contributed by atoms with Gasteiger partial charge >= 0.3 is 5.97 Å². The highest BCUT2D eigenvalue weighted by atomic mass is 19.1. The van der Waals surface area contributed by atoms with E-state index in [2.05, 4.69) is 0 Å². The molecule has 0 spiro atoms. The monoisotopic (exact) mass is 223 g/mol. The number of halogens is 1. The molecule has 1 N–H and O–H groups in total. The zero-order valence-corrected chi connectivity index (χ0v) is 8.66. The van der Waals surface area contributed by atoms with Gasteiger partial charge in [-0.3, -0.25) is 4.79 Å². The van der Waals surface area contributed by atoms with Gasteiger partial charge in [-0.2, -0.15) is 5.26 Å². The maximum Gasteiger partial charge on any atom is 0.310 e.